The molecule has 2 N–H and O–H groups in total. The van der Waals surface area contributed by atoms with Crippen LogP contribution in [0.5, 0.6) is 0 Å². The summed E-state index contributed by atoms with van der Waals surface area (Å²) < 4.78 is 40.3. The second-order valence-electron chi connectivity index (χ2n) is 6.94. The molecule has 2 heterocycles. The van der Waals surface area contributed by atoms with E-state index in [2.05, 4.69) is 5.10 Å². The Balaban J connectivity index is 1.81. The summed E-state index contributed by atoms with van der Waals surface area (Å²) in [6.45, 7) is 2.24. The largest absolute Gasteiger partial charge is 0.436 e. The van der Waals surface area contributed by atoms with Crippen molar-refractivity contribution in [2.24, 2.45) is 5.73 Å². The summed E-state index contributed by atoms with van der Waals surface area (Å²) in [5.74, 6) is 0. The molecule has 152 valence electrons. The first kappa shape index (κ1) is 21.1. The molecule has 0 bridgehead atoms. The van der Waals surface area contributed by atoms with Crippen molar-refractivity contribution in [3.63, 3.8) is 0 Å². The van der Waals surface area contributed by atoms with Crippen LogP contribution >= 0.6 is 23.2 Å². The maximum Gasteiger partial charge on any atom is 0.436 e. The van der Waals surface area contributed by atoms with Gasteiger partial charge in [0.1, 0.15) is 0 Å². The Morgan fingerprint density at radius 2 is 1.79 bits per heavy atom. The van der Waals surface area contributed by atoms with Crippen LogP contribution in [0.25, 0.3) is 0 Å². The van der Waals surface area contributed by atoms with Gasteiger partial charge in [-0.1, -0.05) is 35.3 Å². The van der Waals surface area contributed by atoms with Gasteiger partial charge in [0, 0.05) is 23.7 Å². The van der Waals surface area contributed by atoms with Crippen LogP contribution in [0.3, 0.4) is 0 Å². The molecular weight excluding hydrogens is 416 g/mol. The SMILES string of the molecule is Cc1c(Cl)c(C(F)(F)F)nn1C(C=O)N1CCC(N)(c2ccc(Cl)cc2)CC1. The molecule has 3 rings (SSSR count). The summed E-state index contributed by atoms with van der Waals surface area (Å²) >= 11 is 11.7. The van der Waals surface area contributed by atoms with E-state index in [9.17, 15) is 18.0 Å². The first-order chi connectivity index (χ1) is 13.1. The standard InChI is InChI=1S/C18H19Cl2F3N4O/c1-11-15(20)16(18(21,22)23)25-27(11)14(10-28)26-8-6-17(24,7-9-26)12-2-4-13(19)5-3-12/h2-5,10,14H,6-9,24H2,1H3. The van der Waals surface area contributed by atoms with Gasteiger partial charge in [-0.15, -0.1) is 0 Å². The summed E-state index contributed by atoms with van der Waals surface area (Å²) in [6.07, 6.45) is -4.05. The molecule has 1 aromatic carbocycles. The van der Waals surface area contributed by atoms with Crippen LogP contribution in [0.1, 0.15) is 36.0 Å². The number of halogens is 5. The number of rotatable bonds is 4. The highest BCUT2D eigenvalue weighted by molar-refractivity contribution is 6.32. The lowest BCUT2D eigenvalue weighted by Crippen LogP contribution is -2.50. The van der Waals surface area contributed by atoms with Crippen molar-refractivity contribution in [2.75, 3.05) is 13.1 Å². The van der Waals surface area contributed by atoms with Crippen molar-refractivity contribution in [2.45, 2.75) is 37.6 Å². The number of carbonyl (C=O) groups excluding carboxylic acids is 1. The van der Waals surface area contributed by atoms with Crippen LogP contribution in [-0.4, -0.2) is 34.1 Å². The van der Waals surface area contributed by atoms with Gasteiger partial charge in [-0.25, -0.2) is 4.68 Å². The summed E-state index contributed by atoms with van der Waals surface area (Å²) in [4.78, 5) is 13.5. The number of hydrogen-bond acceptors (Lipinski definition) is 4. The predicted molar refractivity (Wildman–Crippen MR) is 100 cm³/mol. The molecule has 10 heteroatoms. The van der Waals surface area contributed by atoms with Gasteiger partial charge in [0.15, 0.2) is 18.1 Å². The molecule has 1 atom stereocenters. The van der Waals surface area contributed by atoms with Gasteiger partial charge in [-0.2, -0.15) is 18.3 Å². The summed E-state index contributed by atoms with van der Waals surface area (Å²) in [7, 11) is 0. The minimum absolute atomic E-state index is 0.0911. The predicted octanol–water partition coefficient (Wildman–Crippen LogP) is 4.16. The van der Waals surface area contributed by atoms with Crippen LogP contribution in [0, 0.1) is 6.92 Å². The Hall–Kier alpha value is -1.61. The molecule has 0 spiro atoms. The van der Waals surface area contributed by atoms with E-state index < -0.39 is 28.6 Å². The fourth-order valence-electron chi connectivity index (χ4n) is 3.49. The van der Waals surface area contributed by atoms with Crippen LogP contribution in [-0.2, 0) is 16.5 Å². The third kappa shape index (κ3) is 3.91. The molecular formula is C18H19Cl2F3N4O. The van der Waals surface area contributed by atoms with Gasteiger partial charge in [0.2, 0.25) is 0 Å². The minimum atomic E-state index is -4.69. The third-order valence-corrected chi connectivity index (χ3v) is 5.91. The monoisotopic (exact) mass is 434 g/mol. The zero-order valence-corrected chi connectivity index (χ0v) is 16.5. The van der Waals surface area contributed by atoms with Gasteiger partial charge in [-0.05, 0) is 37.5 Å². The lowest BCUT2D eigenvalue weighted by molar-refractivity contribution is -0.142. The number of alkyl halides is 3. The van der Waals surface area contributed by atoms with Crippen molar-refractivity contribution >= 4 is 29.5 Å². The second-order valence-corrected chi connectivity index (χ2v) is 7.75. The van der Waals surface area contributed by atoms with E-state index in [1.807, 2.05) is 12.1 Å². The van der Waals surface area contributed by atoms with E-state index in [-0.39, 0.29) is 5.69 Å². The molecule has 1 aromatic heterocycles. The van der Waals surface area contributed by atoms with E-state index in [4.69, 9.17) is 28.9 Å². The zero-order chi connectivity index (χ0) is 20.7. The van der Waals surface area contributed by atoms with E-state index >= 15 is 0 Å². The molecule has 0 aliphatic carbocycles. The summed E-state index contributed by atoms with van der Waals surface area (Å²) in [5.41, 5.74) is 5.77. The first-order valence-corrected chi connectivity index (χ1v) is 9.38. The van der Waals surface area contributed by atoms with Crippen LogP contribution in [0.4, 0.5) is 13.2 Å². The topological polar surface area (TPSA) is 64.2 Å². The molecule has 0 radical (unpaired) electrons. The van der Waals surface area contributed by atoms with E-state index in [1.165, 1.54) is 6.92 Å². The number of aromatic nitrogens is 2. The quantitative estimate of drug-likeness (QED) is 0.733. The smallest absolute Gasteiger partial charge is 0.321 e. The molecule has 5 nitrogen and oxygen atoms in total. The van der Waals surface area contributed by atoms with Gasteiger partial charge >= 0.3 is 6.18 Å². The fraction of sp³-hybridized carbons (Fsp3) is 0.444. The van der Waals surface area contributed by atoms with Crippen molar-refractivity contribution in [3.05, 3.63) is 51.3 Å². The number of hydrogen-bond donors (Lipinski definition) is 1. The van der Waals surface area contributed by atoms with Gasteiger partial charge in [-0.3, -0.25) is 9.69 Å². The average molecular weight is 435 g/mol. The Kier molecular flexibility index (Phi) is 5.78. The number of nitrogens with zero attached hydrogens (tertiary/aromatic N) is 3. The highest BCUT2D eigenvalue weighted by Crippen LogP contribution is 2.37. The van der Waals surface area contributed by atoms with Gasteiger partial charge < -0.3 is 5.73 Å². The van der Waals surface area contributed by atoms with Crippen LogP contribution < -0.4 is 5.73 Å². The molecule has 2 aromatic rings. The molecule has 1 aliphatic heterocycles. The number of aldehydes is 1. The Labute approximate surface area is 170 Å². The molecule has 1 unspecified atom stereocenters. The van der Waals surface area contributed by atoms with Crippen molar-refractivity contribution in [1.29, 1.82) is 0 Å². The summed E-state index contributed by atoms with van der Waals surface area (Å²) in [6, 6.07) is 7.25. The molecule has 0 amide bonds. The Morgan fingerprint density at radius 1 is 1.21 bits per heavy atom. The van der Waals surface area contributed by atoms with Crippen molar-refractivity contribution in [1.82, 2.24) is 14.7 Å². The lowest BCUT2D eigenvalue weighted by atomic mass is 9.82. The highest BCUT2D eigenvalue weighted by Gasteiger charge is 2.41. The van der Waals surface area contributed by atoms with Gasteiger partial charge in [0.25, 0.3) is 0 Å². The van der Waals surface area contributed by atoms with E-state index in [0.29, 0.717) is 37.2 Å². The third-order valence-electron chi connectivity index (χ3n) is 5.20. The van der Waals surface area contributed by atoms with E-state index in [1.54, 1.807) is 17.0 Å². The number of piperidine rings is 1. The minimum Gasteiger partial charge on any atom is -0.321 e. The summed E-state index contributed by atoms with van der Waals surface area (Å²) in [5, 5.41) is 3.69. The number of carbonyl (C=O) groups is 1. The Morgan fingerprint density at radius 3 is 2.25 bits per heavy atom. The fourth-order valence-corrected chi connectivity index (χ4v) is 3.85. The molecule has 28 heavy (non-hydrogen) atoms. The second kappa shape index (κ2) is 7.67. The molecule has 1 saturated heterocycles. The average Bonchev–Trinajstić information content (AvgIpc) is 2.94. The maximum atomic E-state index is 13.1. The van der Waals surface area contributed by atoms with Crippen molar-refractivity contribution < 1.29 is 18.0 Å². The molecule has 1 fully saturated rings. The van der Waals surface area contributed by atoms with Gasteiger partial charge in [0.05, 0.1) is 10.7 Å². The Bertz CT molecular complexity index is 859. The maximum absolute atomic E-state index is 13.1. The number of likely N-dealkylation sites (tertiary alicyclic amines) is 1. The number of benzene rings is 1. The lowest BCUT2D eigenvalue weighted by Gasteiger charge is -2.41. The normalized spacial score (nSPS) is 18.8. The van der Waals surface area contributed by atoms with Crippen molar-refractivity contribution in [3.8, 4) is 0 Å². The van der Waals surface area contributed by atoms with Crippen LogP contribution in [0.15, 0.2) is 24.3 Å². The first-order valence-electron chi connectivity index (χ1n) is 8.63. The van der Waals surface area contributed by atoms with E-state index in [0.717, 1.165) is 10.2 Å². The van der Waals surface area contributed by atoms with Crippen LogP contribution in [0.2, 0.25) is 10.0 Å². The zero-order valence-electron chi connectivity index (χ0n) is 15.0. The molecule has 0 saturated carbocycles. The highest BCUT2D eigenvalue weighted by atomic mass is 35.5. The number of nitrogens with two attached hydrogens (primary N) is 1. The molecule has 1 aliphatic rings.